The number of pyridine rings is 1. The molecule has 0 aliphatic rings. The fourth-order valence-corrected chi connectivity index (χ4v) is 2.20. The van der Waals surface area contributed by atoms with E-state index in [1.54, 1.807) is 0 Å². The first-order valence-corrected chi connectivity index (χ1v) is 6.35. The third-order valence-electron chi connectivity index (χ3n) is 2.44. The van der Waals surface area contributed by atoms with E-state index in [1.807, 2.05) is 0 Å². The molecule has 2 aromatic rings. The monoisotopic (exact) mass is 302 g/mol. The Kier molecular flexibility index (Phi) is 4.03. The summed E-state index contributed by atoms with van der Waals surface area (Å²) in [6, 6.07) is 2.55. The summed E-state index contributed by atoms with van der Waals surface area (Å²) >= 11 is 0.937. The van der Waals surface area contributed by atoms with Crippen LogP contribution in [0.3, 0.4) is 0 Å². The van der Waals surface area contributed by atoms with E-state index >= 15 is 0 Å². The lowest BCUT2D eigenvalue weighted by atomic mass is 10.1. The SMILES string of the molecule is Cc1ncsc1C(=O)O[C@@H](c1cccnc1)C(F)(F)F. The van der Waals surface area contributed by atoms with Crippen molar-refractivity contribution in [3.8, 4) is 0 Å². The lowest BCUT2D eigenvalue weighted by Crippen LogP contribution is -2.26. The summed E-state index contributed by atoms with van der Waals surface area (Å²) in [5, 5.41) is 0. The molecule has 8 heteroatoms. The van der Waals surface area contributed by atoms with Gasteiger partial charge >= 0.3 is 12.1 Å². The Morgan fingerprint density at radius 3 is 2.70 bits per heavy atom. The number of carbonyl (C=O) groups is 1. The molecule has 20 heavy (non-hydrogen) atoms. The maximum Gasteiger partial charge on any atom is 0.429 e. The number of carbonyl (C=O) groups excluding carboxylic acids is 1. The number of alkyl halides is 3. The second kappa shape index (κ2) is 5.58. The first-order chi connectivity index (χ1) is 9.39. The predicted octanol–water partition coefficient (Wildman–Crippen LogP) is 3.31. The van der Waals surface area contributed by atoms with Gasteiger partial charge in [0, 0.05) is 18.0 Å². The summed E-state index contributed by atoms with van der Waals surface area (Å²) in [5.74, 6) is -1.05. The summed E-state index contributed by atoms with van der Waals surface area (Å²) in [7, 11) is 0. The molecule has 0 radical (unpaired) electrons. The largest absolute Gasteiger partial charge is 0.443 e. The van der Waals surface area contributed by atoms with E-state index in [1.165, 1.54) is 30.8 Å². The minimum Gasteiger partial charge on any atom is -0.443 e. The number of hydrogen-bond acceptors (Lipinski definition) is 5. The van der Waals surface area contributed by atoms with Crippen LogP contribution in [0.15, 0.2) is 30.0 Å². The zero-order valence-corrected chi connectivity index (χ0v) is 11.0. The Morgan fingerprint density at radius 1 is 1.45 bits per heavy atom. The Balaban J connectivity index is 2.26. The molecule has 0 fully saturated rings. The van der Waals surface area contributed by atoms with Crippen molar-refractivity contribution in [3.63, 3.8) is 0 Å². The van der Waals surface area contributed by atoms with Crippen LogP contribution in [0, 0.1) is 6.92 Å². The Labute approximate surface area is 116 Å². The Bertz CT molecular complexity index is 598. The third-order valence-corrected chi connectivity index (χ3v) is 3.35. The van der Waals surface area contributed by atoms with Crippen LogP contribution in [0.5, 0.6) is 0 Å². The molecule has 0 bridgehead atoms. The number of rotatable bonds is 3. The fourth-order valence-electron chi connectivity index (χ4n) is 1.51. The summed E-state index contributed by atoms with van der Waals surface area (Å²) < 4.78 is 43.6. The van der Waals surface area contributed by atoms with Gasteiger partial charge in [0.15, 0.2) is 0 Å². The van der Waals surface area contributed by atoms with Crippen LogP contribution in [0.2, 0.25) is 0 Å². The predicted molar refractivity (Wildman–Crippen MR) is 65.3 cm³/mol. The Morgan fingerprint density at radius 2 is 2.20 bits per heavy atom. The van der Waals surface area contributed by atoms with Gasteiger partial charge in [0.05, 0.1) is 11.2 Å². The van der Waals surface area contributed by atoms with Gasteiger partial charge in [0.2, 0.25) is 6.10 Å². The first kappa shape index (κ1) is 14.4. The molecular weight excluding hydrogens is 293 g/mol. The maximum atomic E-state index is 13.0. The summed E-state index contributed by atoms with van der Waals surface area (Å²) in [6.07, 6.45) is -4.70. The highest BCUT2D eigenvalue weighted by Crippen LogP contribution is 2.36. The van der Waals surface area contributed by atoms with Crippen LogP contribution >= 0.6 is 11.3 Å². The lowest BCUT2D eigenvalue weighted by molar-refractivity contribution is -0.207. The van der Waals surface area contributed by atoms with Gasteiger partial charge in [-0.15, -0.1) is 11.3 Å². The van der Waals surface area contributed by atoms with Crippen LogP contribution < -0.4 is 0 Å². The van der Waals surface area contributed by atoms with E-state index in [2.05, 4.69) is 14.7 Å². The molecule has 4 nitrogen and oxygen atoms in total. The van der Waals surface area contributed by atoms with Crippen molar-refractivity contribution in [3.05, 3.63) is 46.2 Å². The number of halogens is 3. The van der Waals surface area contributed by atoms with Crippen molar-refractivity contribution >= 4 is 17.3 Å². The van der Waals surface area contributed by atoms with E-state index in [9.17, 15) is 18.0 Å². The van der Waals surface area contributed by atoms with Gasteiger partial charge in [-0.3, -0.25) is 4.98 Å². The molecule has 2 rings (SSSR count). The number of aryl methyl sites for hydroxylation is 1. The highest BCUT2D eigenvalue weighted by molar-refractivity contribution is 7.11. The number of thiazole rings is 1. The van der Waals surface area contributed by atoms with Crippen molar-refractivity contribution in [2.75, 3.05) is 0 Å². The van der Waals surface area contributed by atoms with Crippen LogP contribution in [0.4, 0.5) is 13.2 Å². The number of esters is 1. The molecule has 2 heterocycles. The second-order valence-corrected chi connectivity index (χ2v) is 4.73. The van der Waals surface area contributed by atoms with Gasteiger partial charge in [-0.1, -0.05) is 6.07 Å². The van der Waals surface area contributed by atoms with E-state index in [4.69, 9.17) is 0 Å². The topological polar surface area (TPSA) is 52.1 Å². The molecule has 0 aliphatic carbocycles. The van der Waals surface area contributed by atoms with Crippen LogP contribution in [0.25, 0.3) is 0 Å². The summed E-state index contributed by atoms with van der Waals surface area (Å²) in [6.45, 7) is 1.53. The molecule has 1 atom stereocenters. The molecule has 0 spiro atoms. The highest BCUT2D eigenvalue weighted by Gasteiger charge is 2.44. The molecule has 106 valence electrons. The van der Waals surface area contributed by atoms with Gasteiger partial charge in [0.1, 0.15) is 4.88 Å². The number of hydrogen-bond donors (Lipinski definition) is 0. The summed E-state index contributed by atoms with van der Waals surface area (Å²) in [5.41, 5.74) is 1.49. The third kappa shape index (κ3) is 3.13. The van der Waals surface area contributed by atoms with Gasteiger partial charge in [-0.2, -0.15) is 13.2 Å². The zero-order chi connectivity index (χ0) is 14.8. The molecular formula is C12H9F3N2O2S. The minimum atomic E-state index is -4.71. The minimum absolute atomic E-state index is 0.0585. The fraction of sp³-hybridized carbons (Fsp3) is 0.250. The highest BCUT2D eigenvalue weighted by atomic mass is 32.1. The van der Waals surface area contributed by atoms with E-state index < -0.39 is 18.2 Å². The van der Waals surface area contributed by atoms with Crippen molar-refractivity contribution < 1.29 is 22.7 Å². The molecule has 0 saturated heterocycles. The maximum absolute atomic E-state index is 13.0. The Hall–Kier alpha value is -1.96. The van der Waals surface area contributed by atoms with Gasteiger partial charge < -0.3 is 4.74 Å². The van der Waals surface area contributed by atoms with Crippen molar-refractivity contribution in [1.82, 2.24) is 9.97 Å². The average Bonchev–Trinajstić information content (AvgIpc) is 2.82. The van der Waals surface area contributed by atoms with Crippen LogP contribution in [0.1, 0.15) is 27.0 Å². The van der Waals surface area contributed by atoms with Gasteiger partial charge in [-0.25, -0.2) is 9.78 Å². The van der Waals surface area contributed by atoms with Crippen molar-refractivity contribution in [2.24, 2.45) is 0 Å². The van der Waals surface area contributed by atoms with Crippen LogP contribution in [-0.4, -0.2) is 22.1 Å². The second-order valence-electron chi connectivity index (χ2n) is 3.88. The lowest BCUT2D eigenvalue weighted by Gasteiger charge is -2.20. The molecule has 2 aromatic heterocycles. The smallest absolute Gasteiger partial charge is 0.429 e. The molecule has 0 N–H and O–H groups in total. The van der Waals surface area contributed by atoms with Crippen molar-refractivity contribution in [1.29, 1.82) is 0 Å². The standard InChI is InChI=1S/C12H9F3N2O2S/c1-7-9(20-6-17-7)11(18)19-10(12(13,14)15)8-3-2-4-16-5-8/h2-6,10H,1H3/t10-/m0/s1. The average molecular weight is 302 g/mol. The molecule has 0 saturated carbocycles. The molecule has 0 aliphatic heterocycles. The molecule has 0 aromatic carbocycles. The van der Waals surface area contributed by atoms with E-state index in [0.29, 0.717) is 5.69 Å². The number of nitrogens with zero attached hydrogens (tertiary/aromatic N) is 2. The van der Waals surface area contributed by atoms with Crippen LogP contribution in [-0.2, 0) is 4.74 Å². The van der Waals surface area contributed by atoms with Gasteiger partial charge in [0.25, 0.3) is 0 Å². The first-order valence-electron chi connectivity index (χ1n) is 5.47. The quantitative estimate of drug-likeness (QED) is 0.816. The molecule has 0 unspecified atom stereocenters. The summed E-state index contributed by atoms with van der Waals surface area (Å²) in [4.78, 5) is 19.3. The molecule has 0 amide bonds. The number of ether oxygens (including phenoxy) is 1. The zero-order valence-electron chi connectivity index (χ0n) is 10.2. The normalized spacial score (nSPS) is 13.0. The number of aromatic nitrogens is 2. The van der Waals surface area contributed by atoms with Gasteiger partial charge in [-0.05, 0) is 13.0 Å². The van der Waals surface area contributed by atoms with Crippen molar-refractivity contribution in [2.45, 2.75) is 19.2 Å². The van der Waals surface area contributed by atoms with E-state index in [0.717, 1.165) is 17.5 Å². The van der Waals surface area contributed by atoms with E-state index in [-0.39, 0.29) is 10.4 Å².